The number of nitrogens with zero attached hydrogens (tertiary/aromatic N) is 4. The fraction of sp³-hybridized carbons (Fsp3) is 0.292. The maximum Gasteiger partial charge on any atom is 0.318 e. The minimum absolute atomic E-state index is 0.00113. The summed E-state index contributed by atoms with van der Waals surface area (Å²) in [6, 6.07) is 6.28. The van der Waals surface area contributed by atoms with Gasteiger partial charge in [0.2, 0.25) is 0 Å². The van der Waals surface area contributed by atoms with Crippen LogP contribution in [0.15, 0.2) is 18.2 Å². The molecule has 0 bridgehead atoms. The number of benzene rings is 2. The second-order valence-corrected chi connectivity index (χ2v) is 9.63. The molecule has 1 fully saturated rings. The minimum atomic E-state index is -0.727. The Hall–Kier alpha value is -3.26. The van der Waals surface area contributed by atoms with Crippen LogP contribution in [0, 0.1) is 23.0 Å². The Kier molecular flexibility index (Phi) is 6.09. The van der Waals surface area contributed by atoms with Crippen LogP contribution in [0.2, 0.25) is 5.02 Å². The largest absolute Gasteiger partial charge is 0.467 e. The van der Waals surface area contributed by atoms with Crippen LogP contribution in [0.3, 0.4) is 0 Å². The summed E-state index contributed by atoms with van der Waals surface area (Å²) in [6.45, 7) is 3.70. The number of nitriles is 1. The van der Waals surface area contributed by atoms with Crippen LogP contribution in [0.5, 0.6) is 6.01 Å². The summed E-state index contributed by atoms with van der Waals surface area (Å²) in [6.07, 6.45) is 0.770. The first-order valence-corrected chi connectivity index (χ1v) is 12.0. The van der Waals surface area contributed by atoms with Gasteiger partial charge in [0.05, 0.1) is 29.0 Å². The van der Waals surface area contributed by atoms with Crippen molar-refractivity contribution in [3.8, 4) is 23.2 Å². The van der Waals surface area contributed by atoms with Crippen molar-refractivity contribution >= 4 is 54.7 Å². The maximum absolute atomic E-state index is 16.2. The minimum Gasteiger partial charge on any atom is -0.467 e. The fourth-order valence-electron chi connectivity index (χ4n) is 4.44. The van der Waals surface area contributed by atoms with Crippen molar-refractivity contribution in [3.05, 3.63) is 40.4 Å². The highest BCUT2D eigenvalue weighted by molar-refractivity contribution is 7.23. The van der Waals surface area contributed by atoms with E-state index in [0.717, 1.165) is 17.8 Å². The van der Waals surface area contributed by atoms with Crippen molar-refractivity contribution in [1.82, 2.24) is 9.97 Å². The highest BCUT2D eigenvalue weighted by Gasteiger charge is 2.27. The van der Waals surface area contributed by atoms with E-state index in [2.05, 4.69) is 9.97 Å². The van der Waals surface area contributed by atoms with E-state index in [4.69, 9.17) is 26.8 Å². The van der Waals surface area contributed by atoms with E-state index in [1.165, 1.54) is 19.2 Å². The fourth-order valence-corrected chi connectivity index (χ4v) is 5.68. The van der Waals surface area contributed by atoms with Gasteiger partial charge in [-0.05, 0) is 31.0 Å². The van der Waals surface area contributed by atoms with E-state index in [1.54, 1.807) is 6.07 Å². The van der Waals surface area contributed by atoms with Crippen molar-refractivity contribution in [1.29, 1.82) is 5.26 Å². The molecule has 1 aliphatic heterocycles. The van der Waals surface area contributed by atoms with E-state index < -0.39 is 11.6 Å². The number of rotatable bonds is 3. The van der Waals surface area contributed by atoms with E-state index in [9.17, 15) is 9.65 Å². The lowest BCUT2D eigenvalue weighted by Crippen LogP contribution is -2.34. The first kappa shape index (κ1) is 23.5. The third-order valence-electron chi connectivity index (χ3n) is 6.18. The molecule has 0 spiro atoms. The van der Waals surface area contributed by atoms with Gasteiger partial charge in [-0.2, -0.15) is 15.2 Å². The molecular formula is C24H20ClF2N5O2S. The maximum atomic E-state index is 16.2. The Morgan fingerprint density at radius 3 is 2.86 bits per heavy atom. The zero-order valence-corrected chi connectivity index (χ0v) is 20.4. The highest BCUT2D eigenvalue weighted by Crippen LogP contribution is 2.45. The number of hydrogen-bond donors (Lipinski definition) is 1. The van der Waals surface area contributed by atoms with Crippen molar-refractivity contribution in [3.63, 3.8) is 0 Å². The van der Waals surface area contributed by atoms with Gasteiger partial charge in [-0.25, -0.2) is 8.78 Å². The van der Waals surface area contributed by atoms with Crippen LogP contribution in [0.1, 0.15) is 18.9 Å². The molecule has 1 atom stereocenters. The predicted octanol–water partition coefficient (Wildman–Crippen LogP) is 5.52. The van der Waals surface area contributed by atoms with Gasteiger partial charge in [-0.3, -0.25) is 0 Å². The van der Waals surface area contributed by atoms with Gasteiger partial charge in [0, 0.05) is 35.5 Å². The van der Waals surface area contributed by atoms with E-state index in [1.807, 2.05) is 17.9 Å². The predicted molar refractivity (Wildman–Crippen MR) is 133 cm³/mol. The van der Waals surface area contributed by atoms with Crippen molar-refractivity contribution < 1.29 is 18.3 Å². The molecule has 1 saturated heterocycles. The Labute approximate surface area is 208 Å². The molecule has 0 saturated carbocycles. The van der Waals surface area contributed by atoms with Crippen LogP contribution in [-0.4, -0.2) is 42.9 Å². The Balaban J connectivity index is 1.82. The van der Waals surface area contributed by atoms with Crippen LogP contribution in [-0.2, 0) is 4.74 Å². The normalized spacial score (nSPS) is 16.5. The summed E-state index contributed by atoms with van der Waals surface area (Å²) in [5.74, 6) is -0.795. The summed E-state index contributed by atoms with van der Waals surface area (Å²) in [5.41, 5.74) is 6.30. The molecular weight excluding hydrogens is 496 g/mol. The number of nitrogens with two attached hydrogens (primary N) is 1. The van der Waals surface area contributed by atoms with Gasteiger partial charge in [0.1, 0.15) is 28.2 Å². The summed E-state index contributed by atoms with van der Waals surface area (Å²) in [7, 11) is 1.41. The van der Waals surface area contributed by atoms with Gasteiger partial charge in [-0.1, -0.05) is 17.7 Å². The van der Waals surface area contributed by atoms with Crippen molar-refractivity contribution in [2.75, 3.05) is 37.5 Å². The average Bonchev–Trinajstić information content (AvgIpc) is 3.04. The lowest BCUT2D eigenvalue weighted by Gasteiger charge is -2.29. The average molecular weight is 516 g/mol. The van der Waals surface area contributed by atoms with Gasteiger partial charge >= 0.3 is 6.01 Å². The molecule has 7 nitrogen and oxygen atoms in total. The molecule has 0 radical (unpaired) electrons. The highest BCUT2D eigenvalue weighted by atomic mass is 35.5. The lowest BCUT2D eigenvalue weighted by molar-refractivity contribution is 0.150. The Morgan fingerprint density at radius 2 is 2.11 bits per heavy atom. The number of nitrogen functional groups attached to an aromatic ring is 1. The number of aromatic nitrogens is 2. The number of halogens is 3. The summed E-state index contributed by atoms with van der Waals surface area (Å²) in [4.78, 5) is 10.8. The molecule has 2 aromatic heterocycles. The van der Waals surface area contributed by atoms with E-state index in [-0.39, 0.29) is 54.4 Å². The SMILES string of the molecule is COc1nc(N2CCOCCC2C)c2cc(Cl)c(-c3ccc(F)c4sc(N)c(C#N)c34)c(F)c2n1. The molecule has 0 amide bonds. The molecule has 180 valence electrons. The molecule has 1 unspecified atom stereocenters. The van der Waals surface area contributed by atoms with Crippen LogP contribution >= 0.6 is 22.9 Å². The molecule has 2 aromatic carbocycles. The number of hydrogen-bond acceptors (Lipinski definition) is 8. The third-order valence-corrected chi connectivity index (χ3v) is 7.51. The molecule has 4 aromatic rings. The summed E-state index contributed by atoms with van der Waals surface area (Å²) >= 11 is 7.60. The van der Waals surface area contributed by atoms with Crippen molar-refractivity contribution in [2.45, 2.75) is 19.4 Å². The summed E-state index contributed by atoms with van der Waals surface area (Å²) in [5, 5.41) is 10.5. The van der Waals surface area contributed by atoms with E-state index >= 15 is 4.39 Å². The van der Waals surface area contributed by atoms with Gasteiger partial charge in [0.25, 0.3) is 0 Å². The first-order chi connectivity index (χ1) is 16.8. The smallest absolute Gasteiger partial charge is 0.318 e. The number of thiophene rings is 1. The lowest BCUT2D eigenvalue weighted by atomic mass is 9.97. The van der Waals surface area contributed by atoms with Gasteiger partial charge < -0.3 is 20.1 Å². The zero-order valence-electron chi connectivity index (χ0n) is 18.9. The first-order valence-electron chi connectivity index (χ1n) is 10.8. The van der Waals surface area contributed by atoms with Gasteiger partial charge in [0.15, 0.2) is 5.82 Å². The molecule has 0 aliphatic carbocycles. The Bertz CT molecular complexity index is 1520. The monoisotopic (exact) mass is 515 g/mol. The number of fused-ring (bicyclic) bond motifs is 2. The zero-order chi connectivity index (χ0) is 24.9. The molecule has 5 rings (SSSR count). The van der Waals surface area contributed by atoms with Crippen LogP contribution < -0.4 is 15.4 Å². The van der Waals surface area contributed by atoms with Crippen LogP contribution in [0.25, 0.3) is 32.1 Å². The van der Waals surface area contributed by atoms with Gasteiger partial charge in [-0.15, -0.1) is 11.3 Å². The molecule has 11 heteroatoms. The Morgan fingerprint density at radius 1 is 1.31 bits per heavy atom. The second-order valence-electron chi connectivity index (χ2n) is 8.17. The molecule has 35 heavy (non-hydrogen) atoms. The van der Waals surface area contributed by atoms with Crippen LogP contribution in [0.4, 0.5) is 19.6 Å². The molecule has 3 heterocycles. The quantitative estimate of drug-likeness (QED) is 0.383. The number of methoxy groups -OCH3 is 1. The number of ether oxygens (including phenoxy) is 2. The standard InChI is InChI=1S/C24H20ClF2N5O2S/c1-11-5-7-34-8-6-32(11)23-13-9-15(25)18(19(27)20(13)30-24(31-23)33-2)12-3-4-16(26)21-17(12)14(10-28)22(29)35-21/h3-4,9,11H,5-8,29H2,1-2H3. The summed E-state index contributed by atoms with van der Waals surface area (Å²) < 4.78 is 41.9. The topological polar surface area (TPSA) is 97.3 Å². The third kappa shape index (κ3) is 3.80. The number of anilines is 2. The molecule has 1 aliphatic rings. The van der Waals surface area contributed by atoms with Crippen molar-refractivity contribution in [2.24, 2.45) is 0 Å². The second kappa shape index (κ2) is 9.07. The molecule has 2 N–H and O–H groups in total. The van der Waals surface area contributed by atoms with E-state index in [0.29, 0.717) is 31.0 Å².